The third-order valence-corrected chi connectivity index (χ3v) is 38.3. The zero-order valence-corrected chi connectivity index (χ0v) is 96.7. The van der Waals surface area contributed by atoms with Crippen LogP contribution < -0.4 is 16.0 Å². The molecule has 149 heavy (non-hydrogen) atoms. The van der Waals surface area contributed by atoms with Gasteiger partial charge in [0.15, 0.2) is 0 Å². The number of rotatable bonds is 10. The lowest BCUT2D eigenvalue weighted by atomic mass is 9.56. The van der Waals surface area contributed by atoms with E-state index in [0.717, 1.165) is 125 Å². The Hall–Kier alpha value is -8.61. The summed E-state index contributed by atoms with van der Waals surface area (Å²) < 4.78 is 11.3. The van der Waals surface area contributed by atoms with Gasteiger partial charge in [0.2, 0.25) is 29.5 Å². The number of aryl methyl sites for hydroxylation is 5. The van der Waals surface area contributed by atoms with Crippen molar-refractivity contribution in [3.8, 4) is 0 Å². The predicted octanol–water partition coefficient (Wildman–Crippen LogP) is 33.8. The smallest absolute Gasteiger partial charge is 0.417 e. The van der Waals surface area contributed by atoms with E-state index < -0.39 is 34.2 Å². The van der Waals surface area contributed by atoms with Gasteiger partial charge in [-0.1, -0.05) is 272 Å². The predicted molar refractivity (Wildman–Crippen MR) is 608 cm³/mol. The Morgan fingerprint density at radius 2 is 0.463 bits per heavy atom. The van der Waals surface area contributed by atoms with E-state index in [2.05, 4.69) is 175 Å². The fraction of sp³-hybridized carbons (Fsp3) is 0.464. The molecule has 5 aliphatic heterocycles. The molecule has 3 N–H and O–H groups in total. The topological polar surface area (TPSA) is 181 Å². The molecule has 10 aliphatic rings. The van der Waals surface area contributed by atoms with E-state index in [-0.39, 0.29) is 165 Å². The number of benzene rings is 10. The molecule has 25 atom stereocenters. The Kier molecular flexibility index (Phi) is 33.6. The van der Waals surface area contributed by atoms with E-state index in [1.807, 2.05) is 198 Å². The van der Waals surface area contributed by atoms with Crippen LogP contribution in [0.25, 0.3) is 0 Å². The van der Waals surface area contributed by atoms with Crippen molar-refractivity contribution < 1.29 is 43.0 Å². The van der Waals surface area contributed by atoms with Gasteiger partial charge in [0.05, 0.1) is 27.1 Å². The maximum Gasteiger partial charge on any atom is 0.417 e. The lowest BCUT2D eigenvalue weighted by Crippen LogP contribution is -2.43. The first-order chi connectivity index (χ1) is 70.1. The molecule has 10 aromatic rings. The van der Waals surface area contributed by atoms with Gasteiger partial charge in [-0.05, 0) is 409 Å². The number of ether oxygens (including phenoxy) is 2. The zero-order chi connectivity index (χ0) is 108. The van der Waals surface area contributed by atoms with Crippen LogP contribution in [0.2, 0.25) is 50.2 Å². The summed E-state index contributed by atoms with van der Waals surface area (Å²) in [4.78, 5) is 94.8. The molecule has 24 heteroatoms. The number of hydrogen-bond donors (Lipinski definition) is 3. The first-order valence-corrected chi connectivity index (χ1v) is 56.5. The van der Waals surface area contributed by atoms with Crippen LogP contribution in [-0.4, -0.2) is 92.9 Å². The molecule has 20 rings (SSSR count). The lowest BCUT2D eigenvalue weighted by molar-refractivity contribution is -0.137. The molecule has 0 radical (unpaired) electrons. The Labute approximate surface area is 931 Å². The van der Waals surface area contributed by atoms with Crippen LogP contribution in [0.3, 0.4) is 0 Å². The molecular formula is C125H141Cl10N5O9. The largest absolute Gasteiger partial charge is 0.443 e. The van der Waals surface area contributed by atoms with Gasteiger partial charge in [-0.3, -0.25) is 24.0 Å². The van der Waals surface area contributed by atoms with Gasteiger partial charge >= 0.3 is 12.2 Å². The molecule has 790 valence electrons. The Morgan fingerprint density at radius 3 is 0.644 bits per heavy atom. The van der Waals surface area contributed by atoms with Crippen molar-refractivity contribution in [3.05, 3.63) is 346 Å². The number of nitrogens with one attached hydrogen (secondary N) is 3. The van der Waals surface area contributed by atoms with Crippen LogP contribution >= 0.6 is 116 Å². The van der Waals surface area contributed by atoms with Crippen LogP contribution in [0.5, 0.6) is 0 Å². The first-order valence-electron chi connectivity index (χ1n) is 52.7. The number of likely N-dealkylation sites (tertiary alicyclic amines) is 2. The highest BCUT2D eigenvalue weighted by atomic mass is 35.5. The van der Waals surface area contributed by atoms with E-state index >= 15 is 0 Å². The van der Waals surface area contributed by atoms with Crippen molar-refractivity contribution in [1.82, 2.24) is 25.8 Å². The Morgan fingerprint density at radius 1 is 0.282 bits per heavy atom. The number of nitrogens with zero attached hydrogens (tertiary/aromatic N) is 2. The monoisotopic (exact) mass is 2210 g/mol. The molecule has 5 saturated carbocycles. The molecule has 5 aliphatic carbocycles. The van der Waals surface area contributed by atoms with E-state index in [0.29, 0.717) is 22.9 Å². The van der Waals surface area contributed by atoms with Crippen molar-refractivity contribution in [2.75, 3.05) is 0 Å². The molecule has 25 unspecified atom stereocenters. The van der Waals surface area contributed by atoms with Gasteiger partial charge in [0, 0.05) is 110 Å². The standard InChI is InChI=1S/2C28H33Cl2NO3.3C23H25Cl2NO/c2*1-16-7-12-20(22(30)15-16)21-13-14-28(6)24(23(21)18-8-10-19(29)11-9-18)17(2)31(25(28)32)26(33)34-27(3,4)5;3*1-13-4-9-17(19(25)12-13)18-10-11-23(3)21(14(2)26-22(23)27)20(18)15-5-7-16(24)8-6-15/h2*7-12,15,17,21,23-24H,13-14H2,1-6H3;3*4-9,12,14,18,20-21H,10-11H2,1-3H3,(H,26,27). The minimum atomic E-state index is -0.681. The van der Waals surface area contributed by atoms with Gasteiger partial charge in [0.25, 0.3) is 0 Å². The number of hydrogen-bond acceptors (Lipinski definition) is 9. The summed E-state index contributed by atoms with van der Waals surface area (Å²) in [6.07, 6.45) is 7.30. The molecule has 10 fully saturated rings. The maximum atomic E-state index is 13.8. The fourth-order valence-corrected chi connectivity index (χ4v) is 31.1. The van der Waals surface area contributed by atoms with E-state index in [9.17, 15) is 33.6 Å². The minimum absolute atomic E-state index is 0.0115. The van der Waals surface area contributed by atoms with E-state index in [1.54, 1.807) is 0 Å². The highest BCUT2D eigenvalue weighted by molar-refractivity contribution is 6.34. The second kappa shape index (κ2) is 44.3. The van der Waals surface area contributed by atoms with Crippen molar-refractivity contribution in [1.29, 1.82) is 0 Å². The van der Waals surface area contributed by atoms with Crippen LogP contribution in [-0.2, 0) is 33.4 Å². The summed E-state index contributed by atoms with van der Waals surface area (Å²) in [5.74, 6) is 2.47. The van der Waals surface area contributed by atoms with E-state index in [4.69, 9.17) is 125 Å². The Bertz CT molecular complexity index is 6170. The summed E-state index contributed by atoms with van der Waals surface area (Å²) in [5, 5.41) is 17.1. The lowest BCUT2D eigenvalue weighted by Gasteiger charge is -2.46. The second-order valence-corrected chi connectivity index (χ2v) is 51.8. The number of fused-ring (bicyclic) bond motifs is 5. The first kappa shape index (κ1) is 113. The minimum Gasteiger partial charge on any atom is -0.443 e. The number of carbonyl (C=O) groups is 7. The van der Waals surface area contributed by atoms with Crippen molar-refractivity contribution >= 4 is 158 Å². The van der Waals surface area contributed by atoms with Crippen LogP contribution in [0.1, 0.15) is 318 Å². The quantitative estimate of drug-likeness (QED) is 0.120. The third kappa shape index (κ3) is 22.4. The molecule has 7 amide bonds. The van der Waals surface area contributed by atoms with Crippen LogP contribution in [0, 0.1) is 91.3 Å². The third-order valence-electron chi connectivity index (χ3n) is 35.4. The number of imide groups is 2. The van der Waals surface area contributed by atoms with Crippen LogP contribution in [0.15, 0.2) is 212 Å². The fourth-order valence-electron chi connectivity index (χ4n) is 28.6. The highest BCUT2D eigenvalue weighted by Gasteiger charge is 2.67. The molecule has 5 saturated heterocycles. The maximum absolute atomic E-state index is 13.8. The van der Waals surface area contributed by atoms with Crippen molar-refractivity contribution in [2.24, 2.45) is 56.7 Å². The average molecular weight is 2210 g/mol. The second-order valence-electron chi connectivity index (χ2n) is 47.5. The van der Waals surface area contributed by atoms with Crippen molar-refractivity contribution in [2.45, 2.75) is 310 Å². The summed E-state index contributed by atoms with van der Waals surface area (Å²) in [6.45, 7) is 41.9. The zero-order valence-electron chi connectivity index (χ0n) is 89.2. The number of carbonyl (C=O) groups excluding carboxylic acids is 7. The molecule has 0 bridgehead atoms. The highest BCUT2D eigenvalue weighted by Crippen LogP contribution is 2.67. The van der Waals surface area contributed by atoms with Crippen molar-refractivity contribution in [3.63, 3.8) is 0 Å². The summed E-state index contributed by atoms with van der Waals surface area (Å²) in [5.41, 5.74) is 13.7. The SMILES string of the molecule is Cc1ccc(C2CCC3(C)C(=O)N(C(=O)OC(C)(C)C)C(C)C3C2c2ccc(Cl)cc2)c(Cl)c1.Cc1ccc(C2CCC3(C)C(=O)N(C(=O)OC(C)(C)C)C(C)C3C2c2ccc(Cl)cc2)c(Cl)c1.Cc1ccc(C2CCC3(C)C(=O)NC(C)C3C2c2ccc(Cl)cc2)c(Cl)c1.Cc1ccc(C2CCC3(C)C(=O)NC(C)C3C2c2ccc(Cl)cc2)c(Cl)c1.Cc1ccc(C2CCC3(C)C(=O)NC(C)C3C2c2ccc(Cl)cc2)c(Cl)c1. The molecule has 0 aromatic heterocycles. The number of amides is 7. The number of halogens is 10. The summed E-state index contributed by atoms with van der Waals surface area (Å²) in [6, 6.07) is 71.3. The van der Waals surface area contributed by atoms with E-state index in [1.165, 1.54) is 59.9 Å². The van der Waals surface area contributed by atoms with Gasteiger partial charge < -0.3 is 25.4 Å². The van der Waals surface area contributed by atoms with Gasteiger partial charge in [0.1, 0.15) is 11.2 Å². The molecular weight excluding hydrogens is 2070 g/mol. The van der Waals surface area contributed by atoms with Gasteiger partial charge in [-0.15, -0.1) is 0 Å². The summed E-state index contributed by atoms with van der Waals surface area (Å²) in [7, 11) is 0. The summed E-state index contributed by atoms with van der Waals surface area (Å²) >= 11 is 64.5. The molecule has 14 nitrogen and oxygen atoms in total. The van der Waals surface area contributed by atoms with Gasteiger partial charge in [-0.2, -0.15) is 0 Å². The molecule has 0 spiro atoms. The van der Waals surface area contributed by atoms with Crippen LogP contribution in [0.4, 0.5) is 9.59 Å². The average Bonchev–Trinajstić information content (AvgIpc) is 1.56. The van der Waals surface area contributed by atoms with Gasteiger partial charge in [-0.25, -0.2) is 19.4 Å². The molecule has 5 heterocycles. The Balaban J connectivity index is 0.000000133. The molecule has 10 aromatic carbocycles. The normalized spacial score (nSPS) is 31.2.